The maximum atomic E-state index is 11.3. The molecule has 0 aromatic heterocycles. The molecule has 1 amide bonds. The van der Waals surface area contributed by atoms with Crippen molar-refractivity contribution >= 4 is 23.0 Å². The van der Waals surface area contributed by atoms with Crippen LogP contribution in [0.15, 0.2) is 12.1 Å². The van der Waals surface area contributed by atoms with Crippen LogP contribution in [0.25, 0.3) is 0 Å². The molecule has 1 aromatic rings. The zero-order valence-electron chi connectivity index (χ0n) is 9.12. The fourth-order valence-electron chi connectivity index (χ4n) is 2.51. The Labute approximate surface area is 94.4 Å². The highest BCUT2D eigenvalue weighted by atomic mass is 16.1. The van der Waals surface area contributed by atoms with Crippen molar-refractivity contribution < 1.29 is 4.79 Å². The molecule has 4 nitrogen and oxygen atoms in total. The van der Waals surface area contributed by atoms with E-state index in [1.807, 2.05) is 6.07 Å². The minimum absolute atomic E-state index is 0.0629. The number of carbonyl (C=O) groups is 1. The van der Waals surface area contributed by atoms with Crippen LogP contribution in [0.2, 0.25) is 0 Å². The van der Waals surface area contributed by atoms with Gasteiger partial charge in [-0.2, -0.15) is 0 Å². The van der Waals surface area contributed by atoms with Crippen LogP contribution in [-0.2, 0) is 11.2 Å². The highest BCUT2D eigenvalue weighted by molar-refractivity contribution is 6.00. The van der Waals surface area contributed by atoms with Gasteiger partial charge < -0.3 is 16.0 Å². The normalized spacial score (nSPS) is 18.8. The first-order chi connectivity index (χ1) is 7.74. The minimum atomic E-state index is 0.0629. The zero-order chi connectivity index (χ0) is 11.1. The number of rotatable bonds is 1. The van der Waals surface area contributed by atoms with Crippen LogP contribution in [0.5, 0.6) is 0 Å². The Bertz CT molecular complexity index is 450. The van der Waals surface area contributed by atoms with Crippen LogP contribution >= 0.6 is 0 Å². The van der Waals surface area contributed by atoms with E-state index in [1.165, 1.54) is 12.8 Å². The third kappa shape index (κ3) is 1.41. The fourth-order valence-corrected chi connectivity index (χ4v) is 2.51. The number of benzene rings is 1. The molecule has 4 heteroatoms. The summed E-state index contributed by atoms with van der Waals surface area (Å²) < 4.78 is 0. The third-order valence-electron chi connectivity index (χ3n) is 3.32. The monoisotopic (exact) mass is 217 g/mol. The van der Waals surface area contributed by atoms with E-state index >= 15 is 0 Å². The Balaban J connectivity index is 2.00. The number of hydrogen-bond acceptors (Lipinski definition) is 3. The van der Waals surface area contributed by atoms with Crippen molar-refractivity contribution in [1.29, 1.82) is 0 Å². The summed E-state index contributed by atoms with van der Waals surface area (Å²) >= 11 is 0. The summed E-state index contributed by atoms with van der Waals surface area (Å²) in [6, 6.07) is 3.95. The van der Waals surface area contributed by atoms with Gasteiger partial charge in [-0.05, 0) is 30.5 Å². The van der Waals surface area contributed by atoms with Gasteiger partial charge >= 0.3 is 0 Å². The number of fused-ring (bicyclic) bond motifs is 1. The number of nitrogen functional groups attached to an aromatic ring is 1. The molecule has 1 aromatic carbocycles. The van der Waals surface area contributed by atoms with Gasteiger partial charge in [-0.15, -0.1) is 0 Å². The van der Waals surface area contributed by atoms with E-state index in [9.17, 15) is 4.79 Å². The molecular weight excluding hydrogens is 202 g/mol. The Morgan fingerprint density at radius 2 is 2.00 bits per heavy atom. The smallest absolute Gasteiger partial charge is 0.228 e. The van der Waals surface area contributed by atoms with Gasteiger partial charge in [0.05, 0.1) is 17.8 Å². The molecule has 0 unspecified atom stereocenters. The van der Waals surface area contributed by atoms with E-state index in [2.05, 4.69) is 16.3 Å². The van der Waals surface area contributed by atoms with Crippen LogP contribution in [0.3, 0.4) is 0 Å². The quantitative estimate of drug-likeness (QED) is 0.698. The number of anilines is 3. The van der Waals surface area contributed by atoms with Gasteiger partial charge in [0.25, 0.3) is 0 Å². The summed E-state index contributed by atoms with van der Waals surface area (Å²) in [5, 5.41) is 2.82. The molecule has 3 rings (SSSR count). The lowest BCUT2D eigenvalue weighted by Gasteiger charge is -2.20. The highest BCUT2D eigenvalue weighted by Gasteiger charge is 2.22. The van der Waals surface area contributed by atoms with Gasteiger partial charge in [-0.3, -0.25) is 4.79 Å². The van der Waals surface area contributed by atoms with Gasteiger partial charge in [0.1, 0.15) is 0 Å². The van der Waals surface area contributed by atoms with Crippen molar-refractivity contribution in [2.24, 2.45) is 0 Å². The summed E-state index contributed by atoms with van der Waals surface area (Å²) in [5.74, 6) is 0.0629. The number of nitrogens with zero attached hydrogens (tertiary/aromatic N) is 1. The van der Waals surface area contributed by atoms with Crippen molar-refractivity contribution in [1.82, 2.24) is 0 Å². The second-order valence-corrected chi connectivity index (χ2v) is 4.49. The average molecular weight is 217 g/mol. The van der Waals surface area contributed by atoms with Crippen molar-refractivity contribution in [3.63, 3.8) is 0 Å². The molecule has 0 spiro atoms. The maximum Gasteiger partial charge on any atom is 0.228 e. The maximum absolute atomic E-state index is 11.3. The van der Waals surface area contributed by atoms with E-state index in [0.717, 1.165) is 35.7 Å². The predicted octanol–water partition coefficient (Wildman–Crippen LogP) is 1.36. The van der Waals surface area contributed by atoms with Crippen LogP contribution in [-0.4, -0.2) is 19.0 Å². The zero-order valence-corrected chi connectivity index (χ0v) is 9.12. The first kappa shape index (κ1) is 9.51. The van der Waals surface area contributed by atoms with Gasteiger partial charge in [0.2, 0.25) is 5.91 Å². The molecule has 2 aliphatic heterocycles. The number of nitrogens with two attached hydrogens (primary N) is 1. The van der Waals surface area contributed by atoms with Crippen molar-refractivity contribution in [3.05, 3.63) is 17.7 Å². The van der Waals surface area contributed by atoms with Gasteiger partial charge in [-0.25, -0.2) is 0 Å². The molecule has 1 saturated heterocycles. The predicted molar refractivity (Wildman–Crippen MR) is 64.6 cm³/mol. The van der Waals surface area contributed by atoms with E-state index in [1.54, 1.807) is 0 Å². The van der Waals surface area contributed by atoms with E-state index in [-0.39, 0.29) is 5.91 Å². The lowest BCUT2D eigenvalue weighted by Crippen LogP contribution is -2.19. The molecular formula is C12H15N3O. The summed E-state index contributed by atoms with van der Waals surface area (Å²) in [4.78, 5) is 13.6. The van der Waals surface area contributed by atoms with Crippen molar-refractivity contribution in [2.75, 3.05) is 29.0 Å². The molecule has 2 aliphatic rings. The Morgan fingerprint density at radius 3 is 2.75 bits per heavy atom. The summed E-state index contributed by atoms with van der Waals surface area (Å²) in [5.41, 5.74) is 9.83. The van der Waals surface area contributed by atoms with Crippen molar-refractivity contribution in [2.45, 2.75) is 19.3 Å². The van der Waals surface area contributed by atoms with E-state index in [0.29, 0.717) is 6.42 Å². The van der Waals surface area contributed by atoms with E-state index in [4.69, 9.17) is 5.73 Å². The van der Waals surface area contributed by atoms with Crippen LogP contribution in [0, 0.1) is 0 Å². The van der Waals surface area contributed by atoms with E-state index < -0.39 is 0 Å². The number of nitrogens with one attached hydrogen (secondary N) is 1. The molecule has 2 heterocycles. The summed E-state index contributed by atoms with van der Waals surface area (Å²) in [6.45, 7) is 2.15. The van der Waals surface area contributed by atoms with Gasteiger partial charge in [0.15, 0.2) is 0 Å². The summed E-state index contributed by atoms with van der Waals surface area (Å²) in [6.07, 6.45) is 2.94. The topological polar surface area (TPSA) is 58.4 Å². The fraction of sp³-hybridized carbons (Fsp3) is 0.417. The molecule has 0 aliphatic carbocycles. The lowest BCUT2D eigenvalue weighted by molar-refractivity contribution is -0.115. The molecule has 0 bridgehead atoms. The minimum Gasteiger partial charge on any atom is -0.397 e. The standard InChI is InChI=1S/C12H15N3O/c13-9-7-10-8(6-12(16)14-10)5-11(9)15-3-1-2-4-15/h5,7H,1-4,6,13H2,(H,14,16). The molecule has 16 heavy (non-hydrogen) atoms. The molecule has 3 N–H and O–H groups in total. The number of carbonyl (C=O) groups excluding carboxylic acids is 1. The Kier molecular flexibility index (Phi) is 2.02. The molecule has 0 atom stereocenters. The molecule has 1 fully saturated rings. The first-order valence-corrected chi connectivity index (χ1v) is 5.71. The van der Waals surface area contributed by atoms with Crippen molar-refractivity contribution in [3.8, 4) is 0 Å². The van der Waals surface area contributed by atoms with Gasteiger partial charge in [0, 0.05) is 18.8 Å². The SMILES string of the molecule is Nc1cc2c(cc1N1CCCC1)CC(=O)N2. The number of hydrogen-bond donors (Lipinski definition) is 2. The molecule has 0 saturated carbocycles. The number of amides is 1. The largest absolute Gasteiger partial charge is 0.397 e. The first-order valence-electron chi connectivity index (χ1n) is 5.71. The molecule has 84 valence electrons. The highest BCUT2D eigenvalue weighted by Crippen LogP contribution is 2.34. The van der Waals surface area contributed by atoms with Crippen LogP contribution in [0.4, 0.5) is 17.1 Å². The Morgan fingerprint density at radius 1 is 1.25 bits per heavy atom. The van der Waals surface area contributed by atoms with Gasteiger partial charge in [-0.1, -0.05) is 0 Å². The summed E-state index contributed by atoms with van der Waals surface area (Å²) in [7, 11) is 0. The second-order valence-electron chi connectivity index (χ2n) is 4.49. The Hall–Kier alpha value is -1.71. The molecule has 0 radical (unpaired) electrons. The lowest BCUT2D eigenvalue weighted by atomic mass is 10.1. The average Bonchev–Trinajstić information content (AvgIpc) is 2.83. The van der Waals surface area contributed by atoms with Crippen LogP contribution in [0.1, 0.15) is 18.4 Å². The third-order valence-corrected chi connectivity index (χ3v) is 3.32. The second kappa shape index (κ2) is 3.40. The van der Waals surface area contributed by atoms with Crippen LogP contribution < -0.4 is 16.0 Å².